The van der Waals surface area contributed by atoms with E-state index in [0.29, 0.717) is 6.54 Å². The van der Waals surface area contributed by atoms with E-state index in [4.69, 9.17) is 9.47 Å². The van der Waals surface area contributed by atoms with Crippen molar-refractivity contribution in [2.24, 2.45) is 4.99 Å². The van der Waals surface area contributed by atoms with E-state index in [1.54, 1.807) is 18.2 Å². The van der Waals surface area contributed by atoms with Crippen LogP contribution < -0.4 is 15.4 Å². The number of halogens is 2. The average molecular weight is 451 g/mol. The first-order valence-corrected chi connectivity index (χ1v) is 8.24. The second kappa shape index (κ2) is 11.5. The van der Waals surface area contributed by atoms with Gasteiger partial charge in [0.05, 0.1) is 12.6 Å². The molecule has 0 amide bonds. The third-order valence-corrected chi connectivity index (χ3v) is 3.54. The van der Waals surface area contributed by atoms with Gasteiger partial charge in [0.25, 0.3) is 0 Å². The summed E-state index contributed by atoms with van der Waals surface area (Å²) in [5.41, 5.74) is 0. The van der Waals surface area contributed by atoms with Crippen molar-refractivity contribution in [2.75, 3.05) is 26.2 Å². The zero-order valence-electron chi connectivity index (χ0n) is 14.3. The first-order chi connectivity index (χ1) is 11.2. The van der Waals surface area contributed by atoms with Crippen molar-refractivity contribution in [2.45, 2.75) is 38.9 Å². The Morgan fingerprint density at radius 2 is 2.21 bits per heavy atom. The number of hydrogen-bond acceptors (Lipinski definition) is 3. The maximum absolute atomic E-state index is 13.6. The van der Waals surface area contributed by atoms with Crippen LogP contribution in [0.3, 0.4) is 0 Å². The largest absolute Gasteiger partial charge is 0.486 e. The van der Waals surface area contributed by atoms with Gasteiger partial charge in [-0.15, -0.1) is 24.0 Å². The number of hydrogen-bond donors (Lipinski definition) is 2. The number of aliphatic imine (C=N–C) groups is 1. The maximum atomic E-state index is 13.6. The van der Waals surface area contributed by atoms with Crippen LogP contribution in [0.5, 0.6) is 5.75 Å². The van der Waals surface area contributed by atoms with Gasteiger partial charge in [0.15, 0.2) is 17.5 Å². The molecule has 1 aromatic carbocycles. The maximum Gasteiger partial charge on any atom is 0.191 e. The van der Waals surface area contributed by atoms with Crippen LogP contribution in [0.25, 0.3) is 0 Å². The first-order valence-electron chi connectivity index (χ1n) is 8.24. The van der Waals surface area contributed by atoms with E-state index in [-0.39, 0.29) is 47.8 Å². The minimum Gasteiger partial charge on any atom is -0.486 e. The second-order valence-corrected chi connectivity index (χ2v) is 5.59. The molecule has 7 heteroatoms. The summed E-state index contributed by atoms with van der Waals surface area (Å²) >= 11 is 0. The fourth-order valence-electron chi connectivity index (χ4n) is 2.37. The van der Waals surface area contributed by atoms with E-state index >= 15 is 0 Å². The molecule has 2 unspecified atom stereocenters. The quantitative estimate of drug-likeness (QED) is 0.381. The monoisotopic (exact) mass is 451 g/mol. The van der Waals surface area contributed by atoms with Gasteiger partial charge in [0.2, 0.25) is 0 Å². The van der Waals surface area contributed by atoms with E-state index in [1.165, 1.54) is 6.07 Å². The SMILES string of the molecule is CCNC(=NCC(C)Oc1ccccc1F)NCC1CCCO1.I. The highest BCUT2D eigenvalue weighted by molar-refractivity contribution is 14.0. The van der Waals surface area contributed by atoms with Crippen molar-refractivity contribution in [3.63, 3.8) is 0 Å². The summed E-state index contributed by atoms with van der Waals surface area (Å²) in [6.07, 6.45) is 2.24. The number of rotatable bonds is 7. The summed E-state index contributed by atoms with van der Waals surface area (Å²) < 4.78 is 24.7. The molecule has 0 aliphatic carbocycles. The Labute approximate surface area is 160 Å². The van der Waals surface area contributed by atoms with Crippen molar-refractivity contribution in [3.05, 3.63) is 30.1 Å². The predicted molar refractivity (Wildman–Crippen MR) is 105 cm³/mol. The average Bonchev–Trinajstić information content (AvgIpc) is 3.06. The molecule has 5 nitrogen and oxygen atoms in total. The molecule has 136 valence electrons. The number of nitrogens with one attached hydrogen (secondary N) is 2. The van der Waals surface area contributed by atoms with Crippen LogP contribution in [0, 0.1) is 5.82 Å². The van der Waals surface area contributed by atoms with Crippen molar-refractivity contribution in [1.82, 2.24) is 10.6 Å². The van der Waals surface area contributed by atoms with Crippen LogP contribution >= 0.6 is 24.0 Å². The molecule has 1 saturated heterocycles. The van der Waals surface area contributed by atoms with Crippen LogP contribution in [0.15, 0.2) is 29.3 Å². The Bertz CT molecular complexity index is 510. The van der Waals surface area contributed by atoms with E-state index in [1.807, 2.05) is 13.8 Å². The molecule has 0 bridgehead atoms. The molecule has 24 heavy (non-hydrogen) atoms. The summed E-state index contributed by atoms with van der Waals surface area (Å²) in [7, 11) is 0. The normalized spacial score (nSPS) is 18.6. The minimum absolute atomic E-state index is 0. The lowest BCUT2D eigenvalue weighted by Gasteiger charge is -2.17. The molecule has 0 saturated carbocycles. The standard InChI is InChI=1S/C17H26FN3O2.HI/c1-3-19-17(21-12-14-7-6-10-22-14)20-11-13(2)23-16-9-5-4-8-15(16)18;/h4-5,8-9,13-14H,3,6-7,10-12H2,1-2H3,(H2,19,20,21);1H. The van der Waals surface area contributed by atoms with E-state index in [0.717, 1.165) is 38.5 Å². The molecule has 2 atom stereocenters. The Morgan fingerprint density at radius 3 is 2.88 bits per heavy atom. The molecule has 1 aromatic rings. The van der Waals surface area contributed by atoms with Crippen LogP contribution in [-0.4, -0.2) is 44.4 Å². The van der Waals surface area contributed by atoms with Gasteiger partial charge in [-0.25, -0.2) is 9.38 Å². The summed E-state index contributed by atoms with van der Waals surface area (Å²) in [5, 5.41) is 6.47. The topological polar surface area (TPSA) is 54.9 Å². The van der Waals surface area contributed by atoms with E-state index in [9.17, 15) is 4.39 Å². The minimum atomic E-state index is -0.355. The summed E-state index contributed by atoms with van der Waals surface area (Å²) in [6.45, 7) is 6.69. The third kappa shape index (κ3) is 7.21. The van der Waals surface area contributed by atoms with Crippen LogP contribution in [0.4, 0.5) is 4.39 Å². The van der Waals surface area contributed by atoms with Gasteiger partial charge in [-0.2, -0.15) is 0 Å². The molecule has 0 spiro atoms. The van der Waals surface area contributed by atoms with Gasteiger partial charge in [-0.05, 0) is 38.8 Å². The molecule has 1 fully saturated rings. The first kappa shape index (κ1) is 21.0. The highest BCUT2D eigenvalue weighted by Gasteiger charge is 2.15. The zero-order chi connectivity index (χ0) is 16.5. The molecule has 0 radical (unpaired) electrons. The van der Waals surface area contributed by atoms with Crippen molar-refractivity contribution in [3.8, 4) is 5.75 Å². The Hall–Kier alpha value is -1.09. The van der Waals surface area contributed by atoms with Gasteiger partial charge in [-0.1, -0.05) is 12.1 Å². The van der Waals surface area contributed by atoms with Crippen molar-refractivity contribution >= 4 is 29.9 Å². The number of benzene rings is 1. The molecule has 2 N–H and O–H groups in total. The third-order valence-electron chi connectivity index (χ3n) is 3.54. The molecule has 0 aromatic heterocycles. The van der Waals surface area contributed by atoms with E-state index in [2.05, 4.69) is 15.6 Å². The lowest BCUT2D eigenvalue weighted by atomic mass is 10.2. The van der Waals surface area contributed by atoms with Crippen LogP contribution in [0.1, 0.15) is 26.7 Å². The molecule has 1 aliphatic heterocycles. The van der Waals surface area contributed by atoms with Gasteiger partial charge in [-0.3, -0.25) is 0 Å². The second-order valence-electron chi connectivity index (χ2n) is 5.59. The fourth-order valence-corrected chi connectivity index (χ4v) is 2.37. The molecular weight excluding hydrogens is 424 g/mol. The highest BCUT2D eigenvalue weighted by Crippen LogP contribution is 2.17. The molecular formula is C17H27FIN3O2. The van der Waals surface area contributed by atoms with Gasteiger partial charge >= 0.3 is 0 Å². The molecule has 1 aliphatic rings. The fraction of sp³-hybridized carbons (Fsp3) is 0.588. The number of guanidine groups is 1. The summed E-state index contributed by atoms with van der Waals surface area (Å²) in [6, 6.07) is 6.40. The lowest BCUT2D eigenvalue weighted by Crippen LogP contribution is -2.41. The van der Waals surface area contributed by atoms with Crippen molar-refractivity contribution in [1.29, 1.82) is 0 Å². The van der Waals surface area contributed by atoms with Crippen LogP contribution in [-0.2, 0) is 4.74 Å². The Morgan fingerprint density at radius 1 is 1.42 bits per heavy atom. The predicted octanol–water partition coefficient (Wildman–Crippen LogP) is 2.95. The molecule has 1 heterocycles. The number of nitrogens with zero attached hydrogens (tertiary/aromatic N) is 1. The van der Waals surface area contributed by atoms with Gasteiger partial charge < -0.3 is 20.1 Å². The molecule has 2 rings (SSSR count). The van der Waals surface area contributed by atoms with Crippen molar-refractivity contribution < 1.29 is 13.9 Å². The van der Waals surface area contributed by atoms with E-state index < -0.39 is 0 Å². The zero-order valence-corrected chi connectivity index (χ0v) is 16.6. The Balaban J connectivity index is 0.00000288. The van der Waals surface area contributed by atoms with Gasteiger partial charge in [0, 0.05) is 19.7 Å². The lowest BCUT2D eigenvalue weighted by molar-refractivity contribution is 0.113. The Kier molecular flexibility index (Phi) is 10.0. The van der Waals surface area contributed by atoms with Gasteiger partial charge in [0.1, 0.15) is 6.10 Å². The summed E-state index contributed by atoms with van der Waals surface area (Å²) in [5.74, 6) is 0.631. The highest BCUT2D eigenvalue weighted by atomic mass is 127. The van der Waals surface area contributed by atoms with Crippen LogP contribution in [0.2, 0.25) is 0 Å². The smallest absolute Gasteiger partial charge is 0.191 e. The number of para-hydroxylation sites is 1. The number of ether oxygens (including phenoxy) is 2. The summed E-state index contributed by atoms with van der Waals surface area (Å²) in [4.78, 5) is 4.49.